The smallest absolute Gasteiger partial charge is 0.184 e. The van der Waals surface area contributed by atoms with Crippen molar-refractivity contribution in [2.24, 2.45) is 5.92 Å². The summed E-state index contributed by atoms with van der Waals surface area (Å²) in [6, 6.07) is 0.428. The Hall–Kier alpha value is -0.320. The molecule has 0 saturated heterocycles. The Morgan fingerprint density at radius 3 is 2.62 bits per heavy atom. The van der Waals surface area contributed by atoms with Crippen molar-refractivity contribution >= 4 is 28.1 Å². The average molecular weight is 262 g/mol. The van der Waals surface area contributed by atoms with Crippen LogP contribution in [0.5, 0.6) is 0 Å². The summed E-state index contributed by atoms with van der Waals surface area (Å²) in [5.74, 6) is 0.674. The summed E-state index contributed by atoms with van der Waals surface area (Å²) in [6.45, 7) is 5.48. The number of aromatic nitrogens is 1. The predicted molar refractivity (Wildman–Crippen MR) is 72.5 cm³/mol. The maximum Gasteiger partial charge on any atom is 0.184 e. The van der Waals surface area contributed by atoms with Crippen LogP contribution in [0.2, 0.25) is 5.15 Å². The third-order valence-electron chi connectivity index (χ3n) is 2.15. The van der Waals surface area contributed by atoms with Crippen molar-refractivity contribution < 1.29 is 0 Å². The summed E-state index contributed by atoms with van der Waals surface area (Å²) in [5.41, 5.74) is 0. The Morgan fingerprint density at radius 1 is 1.50 bits per heavy atom. The fraction of sp³-hybridized carbons (Fsp3) is 0.727. The van der Waals surface area contributed by atoms with Gasteiger partial charge in [0.15, 0.2) is 5.13 Å². The van der Waals surface area contributed by atoms with E-state index in [0.29, 0.717) is 17.1 Å². The van der Waals surface area contributed by atoms with E-state index in [0.717, 1.165) is 18.1 Å². The molecule has 1 heterocycles. The van der Waals surface area contributed by atoms with Crippen LogP contribution >= 0.6 is 22.9 Å². The van der Waals surface area contributed by atoms with Crippen LogP contribution in [0.4, 0.5) is 5.13 Å². The van der Waals surface area contributed by atoms with Crippen LogP contribution in [0, 0.1) is 5.92 Å². The molecule has 0 amide bonds. The van der Waals surface area contributed by atoms with Crippen LogP contribution in [0.1, 0.15) is 20.3 Å². The highest BCUT2D eigenvalue weighted by Gasteiger charge is 2.13. The van der Waals surface area contributed by atoms with Crippen LogP contribution in [-0.4, -0.2) is 36.6 Å². The first-order valence-electron chi connectivity index (χ1n) is 5.49. The first-order valence-corrected chi connectivity index (χ1v) is 6.75. The molecular formula is C11H20ClN3S. The zero-order valence-corrected chi connectivity index (χ0v) is 11.9. The van der Waals surface area contributed by atoms with E-state index in [1.54, 1.807) is 11.3 Å². The highest BCUT2D eigenvalue weighted by Crippen LogP contribution is 2.21. The number of thiazole rings is 1. The van der Waals surface area contributed by atoms with E-state index in [1.165, 1.54) is 0 Å². The maximum atomic E-state index is 5.80. The van der Waals surface area contributed by atoms with E-state index >= 15 is 0 Å². The van der Waals surface area contributed by atoms with Crippen LogP contribution in [0.25, 0.3) is 0 Å². The Bertz CT molecular complexity index is 302. The summed E-state index contributed by atoms with van der Waals surface area (Å²) in [7, 11) is 4.17. The lowest BCUT2D eigenvalue weighted by Gasteiger charge is -2.23. The van der Waals surface area contributed by atoms with Gasteiger partial charge in [-0.25, -0.2) is 4.98 Å². The molecule has 5 heteroatoms. The molecule has 16 heavy (non-hydrogen) atoms. The Morgan fingerprint density at radius 2 is 2.19 bits per heavy atom. The van der Waals surface area contributed by atoms with Gasteiger partial charge in [-0.3, -0.25) is 0 Å². The SMILES string of the molecule is CC(C)CC(CN(C)C)Nc1nc(Cl)cs1. The van der Waals surface area contributed by atoms with Crippen molar-refractivity contribution in [2.75, 3.05) is 26.0 Å². The number of rotatable bonds is 6. The number of nitrogens with one attached hydrogen (secondary N) is 1. The Balaban J connectivity index is 2.55. The highest BCUT2D eigenvalue weighted by molar-refractivity contribution is 7.14. The zero-order valence-electron chi connectivity index (χ0n) is 10.3. The van der Waals surface area contributed by atoms with Gasteiger partial charge in [0.05, 0.1) is 0 Å². The van der Waals surface area contributed by atoms with Crippen LogP contribution in [-0.2, 0) is 0 Å². The largest absolute Gasteiger partial charge is 0.357 e. The summed E-state index contributed by atoms with van der Waals surface area (Å²) in [4.78, 5) is 6.41. The van der Waals surface area contributed by atoms with Gasteiger partial charge in [0.1, 0.15) is 5.15 Å². The molecule has 1 atom stereocenters. The third kappa shape index (κ3) is 5.14. The van der Waals surface area contributed by atoms with Gasteiger partial charge in [0, 0.05) is 18.0 Å². The molecule has 0 spiro atoms. The number of likely N-dealkylation sites (N-methyl/N-ethyl adjacent to an activating group) is 1. The molecular weight excluding hydrogens is 242 g/mol. The molecule has 0 aromatic carbocycles. The summed E-state index contributed by atoms with van der Waals surface area (Å²) < 4.78 is 0. The first kappa shape index (κ1) is 13.7. The number of hydrogen-bond donors (Lipinski definition) is 1. The number of halogens is 1. The second kappa shape index (κ2) is 6.42. The normalized spacial score (nSPS) is 13.4. The van der Waals surface area contributed by atoms with Gasteiger partial charge >= 0.3 is 0 Å². The van der Waals surface area contributed by atoms with Gasteiger partial charge in [-0.05, 0) is 26.4 Å². The topological polar surface area (TPSA) is 28.2 Å². The summed E-state index contributed by atoms with van der Waals surface area (Å²) in [6.07, 6.45) is 1.13. The number of hydrogen-bond acceptors (Lipinski definition) is 4. The van der Waals surface area contributed by atoms with Crippen LogP contribution in [0.15, 0.2) is 5.38 Å². The molecule has 0 aliphatic rings. The highest BCUT2D eigenvalue weighted by atomic mass is 35.5. The fourth-order valence-corrected chi connectivity index (χ4v) is 2.60. The lowest BCUT2D eigenvalue weighted by atomic mass is 10.0. The number of anilines is 1. The number of nitrogens with zero attached hydrogens (tertiary/aromatic N) is 2. The maximum absolute atomic E-state index is 5.80. The molecule has 0 bridgehead atoms. The average Bonchev–Trinajstić information content (AvgIpc) is 2.48. The van der Waals surface area contributed by atoms with E-state index < -0.39 is 0 Å². The quantitative estimate of drug-likeness (QED) is 0.853. The molecule has 1 rings (SSSR count). The van der Waals surface area contributed by atoms with E-state index in [2.05, 4.69) is 43.1 Å². The Labute approximate surface area is 107 Å². The van der Waals surface area contributed by atoms with Crippen molar-refractivity contribution in [3.05, 3.63) is 10.5 Å². The van der Waals surface area contributed by atoms with E-state index in [1.807, 2.05) is 5.38 Å². The second-order valence-electron chi connectivity index (χ2n) is 4.71. The predicted octanol–water partition coefficient (Wildman–Crippen LogP) is 3.18. The molecule has 3 nitrogen and oxygen atoms in total. The van der Waals surface area contributed by atoms with Crippen molar-refractivity contribution in [3.63, 3.8) is 0 Å². The minimum atomic E-state index is 0.428. The van der Waals surface area contributed by atoms with Gasteiger partial charge < -0.3 is 10.2 Å². The molecule has 0 fully saturated rings. The molecule has 1 aromatic heterocycles. The summed E-state index contributed by atoms with van der Waals surface area (Å²) in [5, 5.41) is 6.78. The monoisotopic (exact) mass is 261 g/mol. The minimum Gasteiger partial charge on any atom is -0.357 e. The lowest BCUT2D eigenvalue weighted by molar-refractivity contribution is 0.356. The van der Waals surface area contributed by atoms with Gasteiger partial charge in [-0.1, -0.05) is 25.4 Å². The van der Waals surface area contributed by atoms with Crippen molar-refractivity contribution in [2.45, 2.75) is 26.3 Å². The Kier molecular flexibility index (Phi) is 5.52. The lowest BCUT2D eigenvalue weighted by Crippen LogP contribution is -2.33. The van der Waals surface area contributed by atoms with Crippen molar-refractivity contribution in [1.29, 1.82) is 0 Å². The van der Waals surface area contributed by atoms with Gasteiger partial charge in [0.25, 0.3) is 0 Å². The second-order valence-corrected chi connectivity index (χ2v) is 5.95. The first-order chi connectivity index (χ1) is 7.47. The van der Waals surface area contributed by atoms with E-state index in [4.69, 9.17) is 11.6 Å². The van der Waals surface area contributed by atoms with Crippen LogP contribution < -0.4 is 5.32 Å². The van der Waals surface area contributed by atoms with E-state index in [-0.39, 0.29) is 0 Å². The van der Waals surface area contributed by atoms with Gasteiger partial charge in [-0.2, -0.15) is 0 Å². The van der Waals surface area contributed by atoms with Crippen LogP contribution in [0.3, 0.4) is 0 Å². The molecule has 0 aliphatic heterocycles. The van der Waals surface area contributed by atoms with E-state index in [9.17, 15) is 0 Å². The zero-order chi connectivity index (χ0) is 12.1. The molecule has 1 aromatic rings. The minimum absolute atomic E-state index is 0.428. The van der Waals surface area contributed by atoms with Crippen molar-refractivity contribution in [3.8, 4) is 0 Å². The molecule has 92 valence electrons. The van der Waals surface area contributed by atoms with Crippen molar-refractivity contribution in [1.82, 2.24) is 9.88 Å². The molecule has 1 unspecified atom stereocenters. The third-order valence-corrected chi connectivity index (χ3v) is 3.24. The molecule has 0 radical (unpaired) electrons. The summed E-state index contributed by atoms with van der Waals surface area (Å²) >= 11 is 7.36. The standard InChI is InChI=1S/C11H20ClN3S/c1-8(2)5-9(6-15(3)4)13-11-14-10(12)7-16-11/h7-9H,5-6H2,1-4H3,(H,13,14). The molecule has 0 saturated carbocycles. The molecule has 1 N–H and O–H groups in total. The van der Waals surface area contributed by atoms with Gasteiger partial charge in [-0.15, -0.1) is 11.3 Å². The molecule has 0 aliphatic carbocycles. The van der Waals surface area contributed by atoms with Gasteiger partial charge in [0.2, 0.25) is 0 Å². The fourth-order valence-electron chi connectivity index (χ4n) is 1.68.